The fourth-order valence-corrected chi connectivity index (χ4v) is 2.05. The average Bonchev–Trinajstić information content (AvgIpc) is 2.61. The number of amides is 2. The van der Waals surface area contributed by atoms with E-state index in [1.54, 1.807) is 13.8 Å². The molecule has 2 atom stereocenters. The number of ether oxygens (including phenoxy) is 3. The van der Waals surface area contributed by atoms with Crippen molar-refractivity contribution < 1.29 is 33.7 Å². The zero-order valence-corrected chi connectivity index (χ0v) is 15.6. The minimum Gasteiger partial charge on any atom is -0.481 e. The van der Waals surface area contributed by atoms with Crippen LogP contribution in [0.3, 0.4) is 0 Å². The number of hydrogen-bond acceptors (Lipinski definition) is 8. The normalized spacial score (nSPS) is 12.8. The standard InChI is InChI=1S/C16H24N4O7/c1-8(2)13(14(22)18-9(15(23)24)5-6-10(17)21)27-16-19-11(25-3)7-12(20-16)26-4/h7-9,13H,5-6H2,1-4H3,(H2,17,21)(H,18,22)(H,23,24)/t9-,13?/m0/s1. The van der Waals surface area contributed by atoms with Gasteiger partial charge in [-0.2, -0.15) is 9.97 Å². The van der Waals surface area contributed by atoms with Gasteiger partial charge in [-0.25, -0.2) is 4.79 Å². The van der Waals surface area contributed by atoms with E-state index in [0.29, 0.717) is 0 Å². The van der Waals surface area contributed by atoms with Gasteiger partial charge in [0.1, 0.15) is 6.04 Å². The topological polar surface area (TPSA) is 163 Å². The van der Waals surface area contributed by atoms with Crippen LogP contribution >= 0.6 is 0 Å². The Morgan fingerprint density at radius 2 is 1.74 bits per heavy atom. The van der Waals surface area contributed by atoms with Gasteiger partial charge in [0.25, 0.3) is 5.91 Å². The number of primary amides is 1. The van der Waals surface area contributed by atoms with Gasteiger partial charge in [0, 0.05) is 6.42 Å². The quantitative estimate of drug-likeness (QED) is 0.466. The molecule has 0 aliphatic rings. The summed E-state index contributed by atoms with van der Waals surface area (Å²) in [5.41, 5.74) is 5.03. The SMILES string of the molecule is COc1cc(OC)nc(OC(C(=O)N[C@@H](CCC(N)=O)C(=O)O)C(C)C)n1. The number of nitrogens with one attached hydrogen (secondary N) is 1. The van der Waals surface area contributed by atoms with Crippen LogP contribution in [0.2, 0.25) is 0 Å². The molecular formula is C16H24N4O7. The third kappa shape index (κ3) is 6.96. The minimum atomic E-state index is -1.29. The molecule has 1 rings (SSSR count). The zero-order valence-electron chi connectivity index (χ0n) is 15.6. The van der Waals surface area contributed by atoms with E-state index in [9.17, 15) is 19.5 Å². The Kier molecular flexibility index (Phi) is 8.24. The van der Waals surface area contributed by atoms with Crippen LogP contribution in [-0.2, 0) is 14.4 Å². The number of methoxy groups -OCH3 is 2. The number of carboxylic acids is 1. The van der Waals surface area contributed by atoms with Gasteiger partial charge in [-0.15, -0.1) is 0 Å². The maximum absolute atomic E-state index is 12.5. The first kappa shape index (κ1) is 21.9. The molecule has 150 valence electrons. The number of nitrogens with two attached hydrogens (primary N) is 1. The molecule has 1 aromatic heterocycles. The highest BCUT2D eigenvalue weighted by Gasteiger charge is 2.30. The molecule has 0 aliphatic carbocycles. The molecule has 4 N–H and O–H groups in total. The molecule has 0 aliphatic heterocycles. The molecule has 0 aromatic carbocycles. The van der Waals surface area contributed by atoms with Crippen LogP contribution < -0.4 is 25.3 Å². The molecule has 1 unspecified atom stereocenters. The van der Waals surface area contributed by atoms with Crippen molar-refractivity contribution >= 4 is 17.8 Å². The van der Waals surface area contributed by atoms with E-state index < -0.39 is 29.9 Å². The smallest absolute Gasteiger partial charge is 0.326 e. The molecule has 1 heterocycles. The van der Waals surface area contributed by atoms with E-state index in [1.807, 2.05) is 0 Å². The molecule has 11 heteroatoms. The molecule has 11 nitrogen and oxygen atoms in total. The maximum Gasteiger partial charge on any atom is 0.326 e. The lowest BCUT2D eigenvalue weighted by Gasteiger charge is -2.23. The number of hydrogen-bond donors (Lipinski definition) is 3. The summed E-state index contributed by atoms with van der Waals surface area (Å²) in [5.74, 6) is -2.63. The lowest BCUT2D eigenvalue weighted by Crippen LogP contribution is -2.49. The van der Waals surface area contributed by atoms with Gasteiger partial charge >= 0.3 is 12.0 Å². The average molecular weight is 384 g/mol. The van der Waals surface area contributed by atoms with E-state index in [1.165, 1.54) is 20.3 Å². The first-order chi connectivity index (χ1) is 12.7. The van der Waals surface area contributed by atoms with Crippen molar-refractivity contribution in [2.24, 2.45) is 11.7 Å². The lowest BCUT2D eigenvalue weighted by molar-refractivity contribution is -0.144. The predicted molar refractivity (Wildman–Crippen MR) is 92.4 cm³/mol. The van der Waals surface area contributed by atoms with Gasteiger partial charge in [-0.3, -0.25) is 9.59 Å². The molecule has 0 radical (unpaired) electrons. The van der Waals surface area contributed by atoms with Crippen LogP contribution in [0.1, 0.15) is 26.7 Å². The van der Waals surface area contributed by atoms with Crippen molar-refractivity contribution in [1.82, 2.24) is 15.3 Å². The van der Waals surface area contributed by atoms with Crippen molar-refractivity contribution in [3.63, 3.8) is 0 Å². The maximum atomic E-state index is 12.5. The number of nitrogens with zero attached hydrogens (tertiary/aromatic N) is 2. The Hall–Kier alpha value is -3.11. The third-order valence-electron chi connectivity index (χ3n) is 3.47. The van der Waals surface area contributed by atoms with Gasteiger partial charge in [0.15, 0.2) is 6.10 Å². The number of aliphatic carboxylic acids is 1. The van der Waals surface area contributed by atoms with E-state index in [4.69, 9.17) is 19.9 Å². The molecule has 0 bridgehead atoms. The second-order valence-electron chi connectivity index (χ2n) is 5.92. The molecule has 0 spiro atoms. The monoisotopic (exact) mass is 384 g/mol. The molecule has 1 aromatic rings. The Labute approximate surface area is 156 Å². The fraction of sp³-hybridized carbons (Fsp3) is 0.562. The van der Waals surface area contributed by atoms with Gasteiger partial charge < -0.3 is 30.4 Å². The van der Waals surface area contributed by atoms with E-state index in [2.05, 4.69) is 15.3 Å². The number of aromatic nitrogens is 2. The molecular weight excluding hydrogens is 360 g/mol. The number of carboxylic acid groups (broad SMARTS) is 1. The number of carbonyl (C=O) groups is 3. The summed E-state index contributed by atoms with van der Waals surface area (Å²) in [6, 6.07) is -0.0126. The zero-order chi connectivity index (χ0) is 20.6. The first-order valence-corrected chi connectivity index (χ1v) is 8.13. The highest BCUT2D eigenvalue weighted by Crippen LogP contribution is 2.21. The van der Waals surface area contributed by atoms with Crippen LogP contribution in [0.4, 0.5) is 0 Å². The Morgan fingerprint density at radius 3 is 2.15 bits per heavy atom. The van der Waals surface area contributed by atoms with Crippen molar-refractivity contribution in [2.45, 2.75) is 38.8 Å². The summed E-state index contributed by atoms with van der Waals surface area (Å²) in [7, 11) is 2.79. The first-order valence-electron chi connectivity index (χ1n) is 8.13. The second-order valence-corrected chi connectivity index (χ2v) is 5.92. The van der Waals surface area contributed by atoms with Gasteiger partial charge in [-0.05, 0) is 12.3 Å². The van der Waals surface area contributed by atoms with Crippen molar-refractivity contribution in [2.75, 3.05) is 14.2 Å². The minimum absolute atomic E-state index is 0.134. The van der Waals surface area contributed by atoms with Gasteiger partial charge in [0.05, 0.1) is 20.3 Å². The van der Waals surface area contributed by atoms with Crippen LogP contribution in [0.5, 0.6) is 17.8 Å². The van der Waals surface area contributed by atoms with E-state index in [0.717, 1.165) is 0 Å². The summed E-state index contributed by atoms with van der Waals surface area (Å²) in [6.07, 6.45) is -1.40. The van der Waals surface area contributed by atoms with Crippen LogP contribution in [0, 0.1) is 5.92 Å². The highest BCUT2D eigenvalue weighted by molar-refractivity contribution is 5.87. The molecule has 0 saturated carbocycles. The van der Waals surface area contributed by atoms with Crippen molar-refractivity contribution in [3.8, 4) is 17.8 Å². The highest BCUT2D eigenvalue weighted by atomic mass is 16.5. The number of carbonyl (C=O) groups excluding carboxylic acids is 2. The largest absolute Gasteiger partial charge is 0.481 e. The summed E-state index contributed by atoms with van der Waals surface area (Å²) in [5, 5.41) is 11.6. The van der Waals surface area contributed by atoms with Gasteiger partial charge in [0.2, 0.25) is 17.7 Å². The summed E-state index contributed by atoms with van der Waals surface area (Å²) >= 11 is 0. The molecule has 0 fully saturated rings. The summed E-state index contributed by atoms with van der Waals surface area (Å²) in [6.45, 7) is 3.42. The van der Waals surface area contributed by atoms with E-state index >= 15 is 0 Å². The number of rotatable bonds is 11. The third-order valence-corrected chi connectivity index (χ3v) is 3.47. The van der Waals surface area contributed by atoms with Crippen LogP contribution in [0.25, 0.3) is 0 Å². The van der Waals surface area contributed by atoms with Crippen LogP contribution in [-0.4, -0.2) is 59.2 Å². The Balaban J connectivity index is 2.95. The van der Waals surface area contributed by atoms with Crippen molar-refractivity contribution in [3.05, 3.63) is 6.07 Å². The van der Waals surface area contributed by atoms with E-state index in [-0.39, 0.29) is 36.5 Å². The predicted octanol–water partition coefficient (Wildman–Crippen LogP) is -0.268. The molecule has 27 heavy (non-hydrogen) atoms. The Morgan fingerprint density at radius 1 is 1.19 bits per heavy atom. The second kappa shape index (κ2) is 10.1. The molecule has 0 saturated heterocycles. The summed E-state index contributed by atoms with van der Waals surface area (Å²) in [4.78, 5) is 42.7. The van der Waals surface area contributed by atoms with Gasteiger partial charge in [-0.1, -0.05) is 13.8 Å². The van der Waals surface area contributed by atoms with Crippen molar-refractivity contribution in [1.29, 1.82) is 0 Å². The fourth-order valence-electron chi connectivity index (χ4n) is 2.05. The van der Waals surface area contributed by atoms with Crippen LogP contribution in [0.15, 0.2) is 6.07 Å². The lowest BCUT2D eigenvalue weighted by atomic mass is 10.1. The Bertz CT molecular complexity index is 658. The summed E-state index contributed by atoms with van der Waals surface area (Å²) < 4.78 is 15.6. The molecule has 2 amide bonds.